The van der Waals surface area contributed by atoms with Crippen LogP contribution in [0.25, 0.3) is 0 Å². The number of rotatable bonds is 10. The number of nitrogens with zero attached hydrogens (tertiary/aromatic N) is 2. The van der Waals surface area contributed by atoms with Crippen LogP contribution in [-0.4, -0.2) is 74.7 Å². The lowest BCUT2D eigenvalue weighted by molar-refractivity contribution is -0.148. The maximum atomic E-state index is 12.1. The Morgan fingerprint density at radius 2 is 2.00 bits per heavy atom. The smallest absolute Gasteiger partial charge is 0.327 e. The van der Waals surface area contributed by atoms with Crippen molar-refractivity contribution in [2.45, 2.75) is 44.7 Å². The second kappa shape index (κ2) is 7.96. The van der Waals surface area contributed by atoms with E-state index in [0.29, 0.717) is 12.6 Å². The number of hydrogen-bond acceptors (Lipinski definition) is 5. The molecule has 1 rings (SSSR count). The summed E-state index contributed by atoms with van der Waals surface area (Å²) >= 11 is 0. The zero-order valence-electron chi connectivity index (χ0n) is 13.7. The maximum Gasteiger partial charge on any atom is 0.327 e. The van der Waals surface area contributed by atoms with Gasteiger partial charge in [-0.05, 0) is 59.9 Å². The topological polar surface area (TPSA) is 44.8 Å². The fourth-order valence-corrected chi connectivity index (χ4v) is 2.48. The fourth-order valence-electron chi connectivity index (χ4n) is 2.48. The number of hydrogen-bond donors (Lipinski definition) is 1. The summed E-state index contributed by atoms with van der Waals surface area (Å²) in [6.45, 7) is 7.85. The molecule has 0 spiro atoms. The molecule has 0 heterocycles. The molecule has 20 heavy (non-hydrogen) atoms. The van der Waals surface area contributed by atoms with Crippen LogP contribution in [0.2, 0.25) is 0 Å². The molecule has 0 amide bonds. The number of ether oxygens (including phenoxy) is 1. The van der Waals surface area contributed by atoms with Crippen LogP contribution in [-0.2, 0) is 9.53 Å². The van der Waals surface area contributed by atoms with Gasteiger partial charge in [-0.1, -0.05) is 6.92 Å². The third-order valence-corrected chi connectivity index (χ3v) is 3.80. The number of carbonyl (C=O) groups excluding carboxylic acids is 1. The summed E-state index contributed by atoms with van der Waals surface area (Å²) in [7, 11) is 5.64. The Morgan fingerprint density at radius 1 is 1.35 bits per heavy atom. The second-order valence-corrected chi connectivity index (χ2v) is 6.27. The molecule has 5 heteroatoms. The van der Waals surface area contributed by atoms with Crippen molar-refractivity contribution in [3.05, 3.63) is 0 Å². The van der Waals surface area contributed by atoms with E-state index in [-0.39, 0.29) is 5.97 Å². The number of likely N-dealkylation sites (N-methyl/N-ethyl adjacent to an activating group) is 1. The average Bonchev–Trinajstić information content (AvgIpc) is 3.19. The van der Waals surface area contributed by atoms with Gasteiger partial charge in [0.25, 0.3) is 0 Å². The van der Waals surface area contributed by atoms with E-state index in [2.05, 4.69) is 36.1 Å². The van der Waals surface area contributed by atoms with Crippen LogP contribution in [0.15, 0.2) is 0 Å². The van der Waals surface area contributed by atoms with Gasteiger partial charge < -0.3 is 14.5 Å². The molecule has 0 aromatic heterocycles. The Labute approximate surface area is 123 Å². The molecule has 0 saturated heterocycles. The first kappa shape index (κ1) is 17.4. The fraction of sp³-hybridized carbons (Fsp3) is 0.933. The van der Waals surface area contributed by atoms with Gasteiger partial charge in [0.15, 0.2) is 0 Å². The molecule has 0 aliphatic heterocycles. The summed E-state index contributed by atoms with van der Waals surface area (Å²) in [5.74, 6) is -0.157. The summed E-state index contributed by atoms with van der Waals surface area (Å²) in [6, 6.07) is 0.486. The van der Waals surface area contributed by atoms with Crippen molar-refractivity contribution >= 4 is 5.97 Å². The van der Waals surface area contributed by atoms with Crippen LogP contribution in [0, 0.1) is 0 Å². The van der Waals surface area contributed by atoms with Gasteiger partial charge in [0.1, 0.15) is 5.54 Å². The van der Waals surface area contributed by atoms with Gasteiger partial charge in [0.05, 0.1) is 7.11 Å². The highest BCUT2D eigenvalue weighted by Crippen LogP contribution is 2.23. The molecule has 0 radical (unpaired) electrons. The summed E-state index contributed by atoms with van der Waals surface area (Å²) < 4.78 is 5.00. The normalized spacial score (nSPS) is 18.4. The lowest BCUT2D eigenvalue weighted by Crippen LogP contribution is -2.58. The van der Waals surface area contributed by atoms with Crippen LogP contribution in [0.1, 0.15) is 33.1 Å². The van der Waals surface area contributed by atoms with Gasteiger partial charge in [0.2, 0.25) is 0 Å². The van der Waals surface area contributed by atoms with E-state index in [9.17, 15) is 4.79 Å². The van der Waals surface area contributed by atoms with Gasteiger partial charge in [-0.25, -0.2) is 0 Å². The summed E-state index contributed by atoms with van der Waals surface area (Å²) in [5, 5.41) is 3.46. The Balaban J connectivity index is 2.53. The van der Waals surface area contributed by atoms with E-state index in [1.54, 1.807) is 0 Å². The van der Waals surface area contributed by atoms with Gasteiger partial charge in [0, 0.05) is 12.6 Å². The molecule has 5 nitrogen and oxygen atoms in total. The second-order valence-electron chi connectivity index (χ2n) is 6.27. The van der Waals surface area contributed by atoms with E-state index in [0.717, 1.165) is 26.1 Å². The molecule has 1 fully saturated rings. The Hall–Kier alpha value is -0.650. The first-order valence-electron chi connectivity index (χ1n) is 7.64. The quantitative estimate of drug-likeness (QED) is 0.605. The molecule has 1 aliphatic carbocycles. The van der Waals surface area contributed by atoms with Crippen molar-refractivity contribution in [3.63, 3.8) is 0 Å². The predicted molar refractivity (Wildman–Crippen MR) is 81.9 cm³/mol. The largest absolute Gasteiger partial charge is 0.468 e. The molecule has 1 saturated carbocycles. The minimum absolute atomic E-state index is 0.157. The van der Waals surface area contributed by atoms with Gasteiger partial charge in [-0.15, -0.1) is 0 Å². The SMILES string of the molecule is CCN(CCCN(C)C)CC(C)(NC1CC1)C(=O)OC. The van der Waals surface area contributed by atoms with Crippen LogP contribution in [0.5, 0.6) is 0 Å². The van der Waals surface area contributed by atoms with Crippen molar-refractivity contribution in [1.29, 1.82) is 0 Å². The monoisotopic (exact) mass is 285 g/mol. The number of nitrogens with one attached hydrogen (secondary N) is 1. The Kier molecular flexibility index (Phi) is 6.92. The molecule has 1 atom stereocenters. The highest BCUT2D eigenvalue weighted by molar-refractivity contribution is 5.80. The lowest BCUT2D eigenvalue weighted by atomic mass is 10.0. The van der Waals surface area contributed by atoms with Crippen molar-refractivity contribution in [2.75, 3.05) is 47.4 Å². The molecule has 0 aromatic rings. The molecule has 0 bridgehead atoms. The summed E-state index contributed by atoms with van der Waals surface area (Å²) in [5.41, 5.74) is -0.593. The average molecular weight is 285 g/mol. The van der Waals surface area contributed by atoms with Gasteiger partial charge >= 0.3 is 5.97 Å². The van der Waals surface area contributed by atoms with Crippen molar-refractivity contribution in [3.8, 4) is 0 Å². The van der Waals surface area contributed by atoms with Crippen molar-refractivity contribution < 1.29 is 9.53 Å². The van der Waals surface area contributed by atoms with Crippen LogP contribution < -0.4 is 5.32 Å². The lowest BCUT2D eigenvalue weighted by Gasteiger charge is -2.34. The third-order valence-electron chi connectivity index (χ3n) is 3.80. The standard InChI is InChI=1S/C15H31N3O2/c1-6-18(11-7-10-17(3)4)12-15(2,14(19)20-5)16-13-8-9-13/h13,16H,6-12H2,1-5H3. The third kappa shape index (κ3) is 5.77. The zero-order valence-corrected chi connectivity index (χ0v) is 13.7. The molecule has 0 aromatic carbocycles. The summed E-state index contributed by atoms with van der Waals surface area (Å²) in [4.78, 5) is 16.6. The molecule has 1 unspecified atom stereocenters. The maximum absolute atomic E-state index is 12.1. The van der Waals surface area contributed by atoms with Gasteiger partial charge in [-0.3, -0.25) is 10.1 Å². The number of esters is 1. The van der Waals surface area contributed by atoms with E-state index >= 15 is 0 Å². The highest BCUT2D eigenvalue weighted by Gasteiger charge is 2.40. The first-order valence-corrected chi connectivity index (χ1v) is 7.64. The predicted octanol–water partition coefficient (Wildman–Crippen LogP) is 0.944. The Bertz CT molecular complexity index is 305. The van der Waals surface area contributed by atoms with E-state index in [4.69, 9.17) is 4.74 Å². The molecule has 1 N–H and O–H groups in total. The van der Waals surface area contributed by atoms with Crippen molar-refractivity contribution in [2.24, 2.45) is 0 Å². The minimum atomic E-state index is -0.593. The van der Waals surface area contributed by atoms with Crippen LogP contribution in [0.4, 0.5) is 0 Å². The van der Waals surface area contributed by atoms with Crippen molar-refractivity contribution in [1.82, 2.24) is 15.1 Å². The van der Waals surface area contributed by atoms with Crippen LogP contribution >= 0.6 is 0 Å². The number of methoxy groups -OCH3 is 1. The first-order chi connectivity index (χ1) is 9.41. The molecular weight excluding hydrogens is 254 g/mol. The summed E-state index contributed by atoms with van der Waals surface area (Å²) in [6.07, 6.45) is 3.44. The van der Waals surface area contributed by atoms with Crippen LogP contribution in [0.3, 0.4) is 0 Å². The molecule has 1 aliphatic rings. The van der Waals surface area contributed by atoms with E-state index in [1.165, 1.54) is 20.0 Å². The zero-order chi connectivity index (χ0) is 15.2. The van der Waals surface area contributed by atoms with Gasteiger partial charge in [-0.2, -0.15) is 0 Å². The number of carbonyl (C=O) groups is 1. The minimum Gasteiger partial charge on any atom is -0.468 e. The van der Waals surface area contributed by atoms with E-state index < -0.39 is 5.54 Å². The van der Waals surface area contributed by atoms with E-state index in [1.807, 2.05) is 6.92 Å². The molecular formula is C15H31N3O2. The Morgan fingerprint density at radius 3 is 2.45 bits per heavy atom. The molecule has 118 valence electrons. The highest BCUT2D eigenvalue weighted by atomic mass is 16.5.